The summed E-state index contributed by atoms with van der Waals surface area (Å²) in [5.74, 6) is 1.20. The summed E-state index contributed by atoms with van der Waals surface area (Å²) in [6, 6.07) is 19.3. The van der Waals surface area contributed by atoms with Crippen LogP contribution in [-0.2, 0) is 6.42 Å². The van der Waals surface area contributed by atoms with E-state index in [1.54, 1.807) is 13.2 Å². The van der Waals surface area contributed by atoms with Crippen LogP contribution in [0.15, 0.2) is 66.9 Å². The fourth-order valence-corrected chi connectivity index (χ4v) is 3.89. The number of para-hydroxylation sites is 1. The van der Waals surface area contributed by atoms with E-state index in [1.807, 2.05) is 48.7 Å². The van der Waals surface area contributed by atoms with Gasteiger partial charge in [-0.25, -0.2) is 0 Å². The summed E-state index contributed by atoms with van der Waals surface area (Å²) in [7, 11) is 1.62. The second-order valence-corrected chi connectivity index (χ2v) is 7.83. The topological polar surface area (TPSA) is 107 Å². The maximum Gasteiger partial charge on any atom is 0.252 e. The first-order chi connectivity index (χ1) is 16.6. The number of amides is 1. The van der Waals surface area contributed by atoms with Gasteiger partial charge in [-0.1, -0.05) is 30.3 Å². The van der Waals surface area contributed by atoms with Crippen molar-refractivity contribution in [1.29, 1.82) is 0 Å². The van der Waals surface area contributed by atoms with Crippen molar-refractivity contribution in [2.24, 2.45) is 5.73 Å². The van der Waals surface area contributed by atoms with Gasteiger partial charge in [0, 0.05) is 23.7 Å². The Morgan fingerprint density at radius 3 is 2.56 bits per heavy atom. The molecular formula is C27H28N2O5. The van der Waals surface area contributed by atoms with Crippen molar-refractivity contribution in [3.63, 3.8) is 0 Å². The molecule has 0 saturated carbocycles. The van der Waals surface area contributed by atoms with Gasteiger partial charge in [-0.3, -0.25) is 4.79 Å². The van der Waals surface area contributed by atoms with Crippen LogP contribution in [0.4, 0.5) is 0 Å². The fraction of sp³-hybridized carbons (Fsp3) is 0.222. The number of aliphatic hydroxyl groups is 1. The molecule has 176 valence electrons. The van der Waals surface area contributed by atoms with Crippen molar-refractivity contribution >= 4 is 16.8 Å². The minimum Gasteiger partial charge on any atom is -0.497 e. The van der Waals surface area contributed by atoms with E-state index in [1.165, 1.54) is 16.5 Å². The third-order valence-electron chi connectivity index (χ3n) is 5.61. The highest BCUT2D eigenvalue weighted by atomic mass is 16.6. The number of aromatic amines is 1. The molecule has 2 heterocycles. The Balaban J connectivity index is 0.000000180. The zero-order valence-electron chi connectivity index (χ0n) is 19.0. The van der Waals surface area contributed by atoms with E-state index in [4.69, 9.17) is 25.1 Å². The minimum absolute atomic E-state index is 0.263. The lowest BCUT2D eigenvalue weighted by Crippen LogP contribution is -2.20. The Morgan fingerprint density at radius 1 is 1.06 bits per heavy atom. The van der Waals surface area contributed by atoms with Gasteiger partial charge in [0.25, 0.3) is 5.91 Å². The number of methoxy groups -OCH3 is 1. The Hall–Kier alpha value is -3.97. The predicted octanol–water partition coefficient (Wildman–Crippen LogP) is 4.33. The molecule has 7 nitrogen and oxygen atoms in total. The second kappa shape index (κ2) is 10.8. The summed E-state index contributed by atoms with van der Waals surface area (Å²) in [6.07, 6.45) is 3.81. The van der Waals surface area contributed by atoms with E-state index in [2.05, 4.69) is 17.1 Å². The van der Waals surface area contributed by atoms with E-state index in [9.17, 15) is 4.79 Å². The van der Waals surface area contributed by atoms with Crippen LogP contribution in [-0.4, -0.2) is 42.9 Å². The summed E-state index contributed by atoms with van der Waals surface area (Å²) in [5.41, 5.74) is 10.0. The molecule has 1 aliphatic rings. The molecular weight excluding hydrogens is 432 g/mol. The highest BCUT2D eigenvalue weighted by molar-refractivity contribution is 5.98. The van der Waals surface area contributed by atoms with Crippen LogP contribution < -0.4 is 19.9 Å². The zero-order chi connectivity index (χ0) is 23.9. The molecule has 0 aliphatic carbocycles. The normalized spacial score (nSPS) is 12.1. The van der Waals surface area contributed by atoms with Gasteiger partial charge >= 0.3 is 0 Å². The summed E-state index contributed by atoms with van der Waals surface area (Å²) in [6.45, 7) is 1.13. The third-order valence-corrected chi connectivity index (χ3v) is 5.61. The maximum absolute atomic E-state index is 11.6. The van der Waals surface area contributed by atoms with Crippen molar-refractivity contribution in [2.45, 2.75) is 12.8 Å². The number of carbonyl (C=O) groups is 1. The number of aromatic nitrogens is 1. The Bertz CT molecular complexity index is 1260. The first-order valence-electron chi connectivity index (χ1n) is 11.1. The highest BCUT2D eigenvalue weighted by Crippen LogP contribution is 2.38. The molecule has 5 rings (SSSR count). The minimum atomic E-state index is -0.535. The van der Waals surface area contributed by atoms with Crippen LogP contribution in [0.3, 0.4) is 0 Å². The monoisotopic (exact) mass is 460 g/mol. The van der Waals surface area contributed by atoms with Crippen molar-refractivity contribution < 1.29 is 24.1 Å². The van der Waals surface area contributed by atoms with E-state index >= 15 is 0 Å². The summed E-state index contributed by atoms with van der Waals surface area (Å²) in [5, 5.41) is 10.0. The maximum atomic E-state index is 11.6. The number of aryl methyl sites for hydroxylation is 1. The van der Waals surface area contributed by atoms with E-state index < -0.39 is 5.91 Å². The van der Waals surface area contributed by atoms with Crippen LogP contribution >= 0.6 is 0 Å². The van der Waals surface area contributed by atoms with Gasteiger partial charge < -0.3 is 30.0 Å². The van der Waals surface area contributed by atoms with Gasteiger partial charge in [0.2, 0.25) is 0 Å². The summed E-state index contributed by atoms with van der Waals surface area (Å²) in [4.78, 5) is 14.8. The van der Waals surface area contributed by atoms with Gasteiger partial charge in [-0.05, 0) is 59.9 Å². The molecule has 4 aromatic rings. The number of carbonyl (C=O) groups excluding carboxylic acids is 1. The second-order valence-electron chi connectivity index (χ2n) is 7.83. The molecule has 3 aromatic carbocycles. The molecule has 4 N–H and O–H groups in total. The third kappa shape index (κ3) is 5.15. The highest BCUT2D eigenvalue weighted by Gasteiger charge is 2.21. The van der Waals surface area contributed by atoms with Crippen LogP contribution in [0.25, 0.3) is 22.0 Å². The number of benzene rings is 3. The van der Waals surface area contributed by atoms with Crippen molar-refractivity contribution in [3.8, 4) is 28.4 Å². The number of hydrogen-bond acceptors (Lipinski definition) is 5. The van der Waals surface area contributed by atoms with E-state index in [-0.39, 0.29) is 6.61 Å². The lowest BCUT2D eigenvalue weighted by Gasteiger charge is -2.21. The molecule has 0 radical (unpaired) electrons. The molecule has 1 aliphatic heterocycles. The van der Waals surface area contributed by atoms with E-state index in [0.29, 0.717) is 30.3 Å². The number of rotatable bonds is 6. The molecule has 0 saturated heterocycles. The van der Waals surface area contributed by atoms with Gasteiger partial charge in [0.05, 0.1) is 12.7 Å². The number of nitrogens with two attached hydrogens (primary N) is 1. The number of primary amides is 1. The molecule has 0 atom stereocenters. The van der Waals surface area contributed by atoms with Gasteiger partial charge in [0.1, 0.15) is 19.0 Å². The van der Waals surface area contributed by atoms with Crippen molar-refractivity contribution in [3.05, 3.63) is 78.0 Å². The van der Waals surface area contributed by atoms with Crippen molar-refractivity contribution in [2.75, 3.05) is 26.9 Å². The smallest absolute Gasteiger partial charge is 0.252 e. The number of nitrogens with one attached hydrogen (secondary N) is 1. The predicted molar refractivity (Wildman–Crippen MR) is 132 cm³/mol. The number of aliphatic hydroxyl groups excluding tert-OH is 1. The number of ether oxygens (including phenoxy) is 3. The largest absolute Gasteiger partial charge is 0.497 e. The SMILES string of the molecule is COc1ccc(-c2cc3c(c(C(N)=O)c2)OCCO3)cc1.OCCCc1c[nH]c2ccccc12. The van der Waals surface area contributed by atoms with E-state index in [0.717, 1.165) is 29.7 Å². The average Bonchev–Trinajstić information content (AvgIpc) is 3.30. The first-order valence-corrected chi connectivity index (χ1v) is 11.1. The zero-order valence-corrected chi connectivity index (χ0v) is 19.0. The number of fused-ring (bicyclic) bond motifs is 2. The summed E-state index contributed by atoms with van der Waals surface area (Å²) >= 11 is 0. The Kier molecular flexibility index (Phi) is 7.34. The molecule has 0 spiro atoms. The van der Waals surface area contributed by atoms with Crippen LogP contribution in [0, 0.1) is 0 Å². The van der Waals surface area contributed by atoms with Gasteiger partial charge in [-0.2, -0.15) is 0 Å². The molecule has 0 fully saturated rings. The molecule has 7 heteroatoms. The van der Waals surface area contributed by atoms with Crippen LogP contribution in [0.5, 0.6) is 17.2 Å². The van der Waals surface area contributed by atoms with Crippen LogP contribution in [0.2, 0.25) is 0 Å². The van der Waals surface area contributed by atoms with Gasteiger partial charge in [-0.15, -0.1) is 0 Å². The lowest BCUT2D eigenvalue weighted by atomic mass is 10.0. The molecule has 1 aromatic heterocycles. The molecule has 1 amide bonds. The molecule has 0 unspecified atom stereocenters. The summed E-state index contributed by atoms with van der Waals surface area (Å²) < 4.78 is 16.2. The first kappa shape index (κ1) is 23.2. The standard InChI is InChI=1S/C16H15NO4.C11H13NO/c1-19-12-4-2-10(3-5-12)11-8-13(16(17)18)15-14(9-11)20-6-7-21-15;13-7-3-4-9-8-12-11-6-2-1-5-10(9)11/h2-5,8-9H,6-7H2,1H3,(H2,17,18);1-2,5-6,8,12-13H,3-4,7H2. The van der Waals surface area contributed by atoms with Crippen molar-refractivity contribution in [1.82, 2.24) is 4.98 Å². The fourth-order valence-electron chi connectivity index (χ4n) is 3.89. The van der Waals surface area contributed by atoms with Gasteiger partial charge in [0.15, 0.2) is 11.5 Å². The number of H-pyrrole nitrogens is 1. The Morgan fingerprint density at radius 2 is 1.82 bits per heavy atom. The molecule has 34 heavy (non-hydrogen) atoms. The quantitative estimate of drug-likeness (QED) is 0.397. The number of hydrogen-bond donors (Lipinski definition) is 3. The van der Waals surface area contributed by atoms with Crippen LogP contribution in [0.1, 0.15) is 22.3 Å². The Labute approximate surface area is 198 Å². The molecule has 0 bridgehead atoms. The average molecular weight is 461 g/mol. The lowest BCUT2D eigenvalue weighted by molar-refractivity contribution is 0.0989.